The topological polar surface area (TPSA) is 81.8 Å². The Kier molecular flexibility index (Phi) is 5.33. The number of hydrogen-bond donors (Lipinski definition) is 2. The molecule has 0 radical (unpaired) electrons. The summed E-state index contributed by atoms with van der Waals surface area (Å²) in [6, 6.07) is 7.35. The number of benzene rings is 1. The molecule has 7 nitrogen and oxygen atoms in total. The molecule has 25 heavy (non-hydrogen) atoms. The number of anilines is 1. The van der Waals surface area contributed by atoms with Crippen LogP contribution in [0.25, 0.3) is 0 Å². The second kappa shape index (κ2) is 7.33. The average Bonchev–Trinajstić information content (AvgIpc) is 2.92. The highest BCUT2D eigenvalue weighted by atomic mass is 79.9. The van der Waals surface area contributed by atoms with E-state index >= 15 is 0 Å². The summed E-state index contributed by atoms with van der Waals surface area (Å²) in [6.07, 6.45) is -0.726. The molecule has 2 aromatic rings. The molecule has 0 bridgehead atoms. The van der Waals surface area contributed by atoms with Crippen molar-refractivity contribution >= 4 is 39.3 Å². The van der Waals surface area contributed by atoms with E-state index in [9.17, 15) is 9.90 Å². The van der Waals surface area contributed by atoms with Crippen LogP contribution < -0.4 is 4.90 Å². The number of halogens is 2. The van der Waals surface area contributed by atoms with Crippen molar-refractivity contribution < 1.29 is 15.0 Å². The minimum absolute atomic E-state index is 0.0548. The lowest BCUT2D eigenvalue weighted by Gasteiger charge is -2.38. The van der Waals surface area contributed by atoms with E-state index < -0.39 is 6.35 Å². The van der Waals surface area contributed by atoms with Gasteiger partial charge in [0.2, 0.25) is 6.35 Å². The summed E-state index contributed by atoms with van der Waals surface area (Å²) in [4.78, 5) is 20.2. The lowest BCUT2D eigenvalue weighted by atomic mass is 10.2. The maximum Gasteiger partial charge on any atom is 0.277 e. The number of carbonyl (C=O) groups is 1. The van der Waals surface area contributed by atoms with Gasteiger partial charge in [-0.15, -0.1) is 0 Å². The first kappa shape index (κ1) is 18.2. The average molecular weight is 430 g/mol. The Morgan fingerprint density at radius 1 is 1.32 bits per heavy atom. The Balaban J connectivity index is 1.99. The Hall–Kier alpha value is -1.61. The third-order valence-electron chi connectivity index (χ3n) is 4.14. The number of amides is 1. The minimum Gasteiger partial charge on any atom is -0.396 e. The van der Waals surface area contributed by atoms with Crippen molar-refractivity contribution in [2.45, 2.75) is 19.3 Å². The van der Waals surface area contributed by atoms with Gasteiger partial charge in [0.05, 0.1) is 6.54 Å². The number of aliphatic hydroxyl groups excluding tert-OH is 2. The van der Waals surface area contributed by atoms with Crippen LogP contribution in [0.3, 0.4) is 0 Å². The van der Waals surface area contributed by atoms with Gasteiger partial charge in [-0.3, -0.25) is 9.69 Å². The van der Waals surface area contributed by atoms with Crippen LogP contribution in [0.4, 0.5) is 5.82 Å². The standard InChI is InChI=1S/C16H18BrClN4O3/c1-20-13-12(14(24)21(16(20)25)7-2-8-23)22(15(17)19-13)9-10-3-5-11(18)6-4-10/h3-6,16,23,25H,2,7-9H2,1H3. The third kappa shape index (κ3) is 3.39. The molecule has 134 valence electrons. The van der Waals surface area contributed by atoms with E-state index in [1.54, 1.807) is 23.7 Å². The number of carbonyl (C=O) groups excluding carboxylic acids is 1. The molecule has 0 aliphatic carbocycles. The molecule has 0 saturated carbocycles. The predicted octanol–water partition coefficient (Wildman–Crippen LogP) is 1.90. The zero-order chi connectivity index (χ0) is 18.1. The van der Waals surface area contributed by atoms with Gasteiger partial charge < -0.3 is 19.7 Å². The maximum atomic E-state index is 12.9. The number of rotatable bonds is 5. The summed E-state index contributed by atoms with van der Waals surface area (Å²) >= 11 is 9.33. The number of aromatic nitrogens is 2. The van der Waals surface area contributed by atoms with Crippen molar-refractivity contribution in [1.82, 2.24) is 14.5 Å². The second-order valence-electron chi connectivity index (χ2n) is 5.80. The van der Waals surface area contributed by atoms with Crippen molar-refractivity contribution in [1.29, 1.82) is 0 Å². The van der Waals surface area contributed by atoms with Crippen LogP contribution in [-0.4, -0.2) is 57.1 Å². The van der Waals surface area contributed by atoms with Crippen molar-refractivity contribution in [3.63, 3.8) is 0 Å². The quantitative estimate of drug-likeness (QED) is 0.759. The largest absolute Gasteiger partial charge is 0.396 e. The summed E-state index contributed by atoms with van der Waals surface area (Å²) in [5.74, 6) is 0.0970. The van der Waals surface area contributed by atoms with E-state index in [-0.39, 0.29) is 19.1 Å². The van der Waals surface area contributed by atoms with E-state index in [0.717, 1.165) is 5.56 Å². The van der Waals surface area contributed by atoms with Crippen molar-refractivity contribution in [3.05, 3.63) is 45.3 Å². The molecule has 3 rings (SSSR count). The first-order chi connectivity index (χ1) is 11.9. The summed E-state index contributed by atoms with van der Waals surface area (Å²) in [6.45, 7) is 0.633. The lowest BCUT2D eigenvalue weighted by molar-refractivity contribution is 0.00113. The molecule has 1 aromatic heterocycles. The smallest absolute Gasteiger partial charge is 0.277 e. The van der Waals surface area contributed by atoms with Gasteiger partial charge in [-0.05, 0) is 40.0 Å². The van der Waals surface area contributed by atoms with Gasteiger partial charge in [0.15, 0.2) is 16.2 Å². The lowest BCUT2D eigenvalue weighted by Crippen LogP contribution is -2.54. The molecule has 1 aliphatic heterocycles. The van der Waals surface area contributed by atoms with E-state index in [1.807, 2.05) is 12.1 Å². The molecule has 1 atom stereocenters. The highest BCUT2D eigenvalue weighted by Crippen LogP contribution is 2.32. The minimum atomic E-state index is -1.11. The van der Waals surface area contributed by atoms with Crippen molar-refractivity contribution in [2.75, 3.05) is 25.1 Å². The number of aliphatic hydroxyl groups is 2. The molecule has 0 spiro atoms. The third-order valence-corrected chi connectivity index (χ3v) is 4.99. The summed E-state index contributed by atoms with van der Waals surface area (Å²) in [7, 11) is 1.67. The second-order valence-corrected chi connectivity index (χ2v) is 6.94. The van der Waals surface area contributed by atoms with Gasteiger partial charge in [0.1, 0.15) is 0 Å². The number of fused-ring (bicyclic) bond motifs is 1. The van der Waals surface area contributed by atoms with E-state index in [2.05, 4.69) is 20.9 Å². The molecular formula is C16H18BrClN4O3. The zero-order valence-electron chi connectivity index (χ0n) is 13.6. The highest BCUT2D eigenvalue weighted by Gasteiger charge is 2.39. The normalized spacial score (nSPS) is 17.2. The van der Waals surface area contributed by atoms with Gasteiger partial charge in [-0.2, -0.15) is 0 Å². The van der Waals surface area contributed by atoms with E-state index in [0.29, 0.717) is 34.2 Å². The Morgan fingerprint density at radius 3 is 2.64 bits per heavy atom. The fourth-order valence-corrected chi connectivity index (χ4v) is 3.40. The molecule has 1 unspecified atom stereocenters. The Bertz CT molecular complexity index is 780. The molecular weight excluding hydrogens is 412 g/mol. The van der Waals surface area contributed by atoms with Crippen LogP contribution in [0.2, 0.25) is 5.02 Å². The van der Waals surface area contributed by atoms with Crippen LogP contribution in [0.15, 0.2) is 29.0 Å². The Labute approximate surface area is 158 Å². The van der Waals surface area contributed by atoms with Crippen LogP contribution in [0, 0.1) is 0 Å². The first-order valence-corrected chi connectivity index (χ1v) is 8.94. The fourth-order valence-electron chi connectivity index (χ4n) is 2.80. The predicted molar refractivity (Wildman–Crippen MR) is 97.6 cm³/mol. The maximum absolute atomic E-state index is 12.9. The number of hydrogen-bond acceptors (Lipinski definition) is 5. The highest BCUT2D eigenvalue weighted by molar-refractivity contribution is 9.10. The summed E-state index contributed by atoms with van der Waals surface area (Å²) in [5.41, 5.74) is 1.36. The Morgan fingerprint density at radius 2 is 2.00 bits per heavy atom. The molecule has 1 aliphatic rings. The van der Waals surface area contributed by atoms with E-state index in [1.165, 1.54) is 9.80 Å². The summed E-state index contributed by atoms with van der Waals surface area (Å²) in [5, 5.41) is 20.1. The van der Waals surface area contributed by atoms with Gasteiger partial charge in [-0.1, -0.05) is 23.7 Å². The van der Waals surface area contributed by atoms with Gasteiger partial charge >= 0.3 is 0 Å². The summed E-state index contributed by atoms with van der Waals surface area (Å²) < 4.78 is 2.26. The van der Waals surface area contributed by atoms with Crippen molar-refractivity contribution in [3.8, 4) is 0 Å². The number of nitrogens with zero attached hydrogens (tertiary/aromatic N) is 4. The molecule has 9 heteroatoms. The van der Waals surface area contributed by atoms with Crippen LogP contribution in [-0.2, 0) is 6.54 Å². The molecule has 0 saturated heterocycles. The van der Waals surface area contributed by atoms with Crippen molar-refractivity contribution in [2.24, 2.45) is 0 Å². The van der Waals surface area contributed by atoms with Gasteiger partial charge in [0, 0.05) is 25.2 Å². The van der Waals surface area contributed by atoms with Crippen LogP contribution in [0.1, 0.15) is 22.5 Å². The molecule has 1 aromatic carbocycles. The van der Waals surface area contributed by atoms with Crippen LogP contribution >= 0.6 is 27.5 Å². The monoisotopic (exact) mass is 428 g/mol. The fraction of sp³-hybridized carbons (Fsp3) is 0.375. The first-order valence-electron chi connectivity index (χ1n) is 7.77. The zero-order valence-corrected chi connectivity index (χ0v) is 15.9. The molecule has 2 heterocycles. The molecule has 2 N–H and O–H groups in total. The van der Waals surface area contributed by atoms with Gasteiger partial charge in [-0.25, -0.2) is 4.98 Å². The molecule has 0 fully saturated rings. The molecule has 1 amide bonds. The number of imidazole rings is 1. The SMILES string of the molecule is CN1c2nc(Br)n(Cc3ccc(Cl)cc3)c2C(=O)N(CCCO)C1O. The van der Waals surface area contributed by atoms with Crippen LogP contribution in [0.5, 0.6) is 0 Å². The van der Waals surface area contributed by atoms with Gasteiger partial charge in [0.25, 0.3) is 5.91 Å². The van der Waals surface area contributed by atoms with E-state index in [4.69, 9.17) is 16.7 Å².